The predicted molar refractivity (Wildman–Crippen MR) is 105 cm³/mol. The molecule has 4 rings (SSSR count). The number of halogens is 1. The van der Waals surface area contributed by atoms with Gasteiger partial charge in [-0.15, -0.1) is 0 Å². The Labute approximate surface area is 160 Å². The zero-order valence-electron chi connectivity index (χ0n) is 16.0. The predicted octanol–water partition coefficient (Wildman–Crippen LogP) is 3.56. The second kappa shape index (κ2) is 7.87. The van der Waals surface area contributed by atoms with Gasteiger partial charge in [-0.3, -0.25) is 0 Å². The maximum Gasteiger partial charge on any atom is 0.123 e. The fraction of sp³-hybridized carbons (Fsp3) is 0.455. The molecule has 2 aromatic carbocycles. The van der Waals surface area contributed by atoms with Crippen molar-refractivity contribution in [1.29, 1.82) is 0 Å². The number of rotatable bonds is 4. The van der Waals surface area contributed by atoms with E-state index in [1.807, 2.05) is 18.2 Å². The van der Waals surface area contributed by atoms with E-state index in [9.17, 15) is 4.39 Å². The number of benzene rings is 2. The van der Waals surface area contributed by atoms with Crippen LogP contribution < -0.4 is 15.0 Å². The van der Waals surface area contributed by atoms with E-state index < -0.39 is 0 Å². The summed E-state index contributed by atoms with van der Waals surface area (Å²) >= 11 is 0. The second-order valence-corrected chi connectivity index (χ2v) is 7.45. The Morgan fingerprint density at radius 1 is 1.22 bits per heavy atom. The number of methoxy groups -OCH3 is 1. The van der Waals surface area contributed by atoms with E-state index in [0.29, 0.717) is 12.6 Å². The van der Waals surface area contributed by atoms with Crippen molar-refractivity contribution >= 4 is 5.69 Å². The standard InChI is InChI=1S/C22H27FN2O2/c1-15(22-20-8-3-17(23)13-16(20)9-12-27-22)21-14-25(11-10-24-21)18-4-6-19(26-2)7-5-18/h3-8,13,15,21-22,24H,9-12,14H2,1-2H3. The van der Waals surface area contributed by atoms with Crippen molar-refractivity contribution in [1.82, 2.24) is 5.32 Å². The molecule has 3 unspecified atom stereocenters. The summed E-state index contributed by atoms with van der Waals surface area (Å²) in [6.07, 6.45) is 0.787. The van der Waals surface area contributed by atoms with Gasteiger partial charge in [0.05, 0.1) is 19.8 Å². The number of hydrogen-bond donors (Lipinski definition) is 1. The van der Waals surface area contributed by atoms with E-state index in [2.05, 4.69) is 29.3 Å². The molecular formula is C22H27FN2O2. The number of piperazine rings is 1. The van der Waals surface area contributed by atoms with Crippen LogP contribution in [0.3, 0.4) is 0 Å². The quantitative estimate of drug-likeness (QED) is 0.892. The second-order valence-electron chi connectivity index (χ2n) is 7.45. The number of nitrogens with zero attached hydrogens (tertiary/aromatic N) is 1. The van der Waals surface area contributed by atoms with Crippen molar-refractivity contribution in [3.63, 3.8) is 0 Å². The van der Waals surface area contributed by atoms with E-state index in [4.69, 9.17) is 9.47 Å². The van der Waals surface area contributed by atoms with Gasteiger partial charge in [-0.05, 0) is 53.9 Å². The van der Waals surface area contributed by atoms with Gasteiger partial charge in [0.2, 0.25) is 0 Å². The SMILES string of the molecule is COc1ccc(N2CCNC(C(C)C3OCCc4cc(F)ccc43)C2)cc1. The maximum atomic E-state index is 13.6. The van der Waals surface area contributed by atoms with Crippen molar-refractivity contribution in [3.05, 3.63) is 59.4 Å². The van der Waals surface area contributed by atoms with E-state index in [0.717, 1.165) is 42.9 Å². The minimum atomic E-state index is -0.163. The summed E-state index contributed by atoms with van der Waals surface area (Å²) in [5.41, 5.74) is 3.43. The van der Waals surface area contributed by atoms with Gasteiger partial charge in [-0.2, -0.15) is 0 Å². The third-order valence-corrected chi connectivity index (χ3v) is 5.84. The third-order valence-electron chi connectivity index (χ3n) is 5.84. The molecule has 1 fully saturated rings. The molecule has 0 radical (unpaired) electrons. The van der Waals surface area contributed by atoms with Crippen LogP contribution in [-0.4, -0.2) is 39.4 Å². The Kier molecular flexibility index (Phi) is 5.32. The van der Waals surface area contributed by atoms with Crippen LogP contribution in [0.15, 0.2) is 42.5 Å². The normalized spacial score (nSPS) is 23.6. The highest BCUT2D eigenvalue weighted by atomic mass is 19.1. The molecule has 0 amide bonds. The highest BCUT2D eigenvalue weighted by Gasteiger charge is 2.33. The van der Waals surface area contributed by atoms with Crippen molar-refractivity contribution in [2.75, 3.05) is 38.3 Å². The number of nitrogens with one attached hydrogen (secondary N) is 1. The molecule has 5 heteroatoms. The van der Waals surface area contributed by atoms with E-state index in [1.54, 1.807) is 19.2 Å². The van der Waals surface area contributed by atoms with Gasteiger partial charge < -0.3 is 19.7 Å². The summed E-state index contributed by atoms with van der Waals surface area (Å²) in [6, 6.07) is 13.6. The van der Waals surface area contributed by atoms with Crippen molar-refractivity contribution < 1.29 is 13.9 Å². The number of anilines is 1. The fourth-order valence-corrected chi connectivity index (χ4v) is 4.26. The Hall–Kier alpha value is -2.11. The summed E-state index contributed by atoms with van der Waals surface area (Å²) < 4.78 is 25.0. The van der Waals surface area contributed by atoms with Gasteiger partial charge in [-0.25, -0.2) is 4.39 Å². The van der Waals surface area contributed by atoms with E-state index >= 15 is 0 Å². The molecule has 27 heavy (non-hydrogen) atoms. The van der Waals surface area contributed by atoms with Crippen molar-refractivity contribution in [2.45, 2.75) is 25.5 Å². The van der Waals surface area contributed by atoms with Crippen LogP contribution in [0.2, 0.25) is 0 Å². The Morgan fingerprint density at radius 2 is 2.04 bits per heavy atom. The molecule has 1 saturated heterocycles. The summed E-state index contributed by atoms with van der Waals surface area (Å²) in [7, 11) is 1.69. The molecule has 2 aliphatic heterocycles. The van der Waals surface area contributed by atoms with Gasteiger partial charge in [0.15, 0.2) is 0 Å². The molecule has 0 spiro atoms. The van der Waals surface area contributed by atoms with E-state index in [1.165, 1.54) is 5.69 Å². The summed E-state index contributed by atoms with van der Waals surface area (Å²) in [6.45, 7) is 5.72. The molecule has 0 saturated carbocycles. The molecule has 1 N–H and O–H groups in total. The first-order valence-corrected chi connectivity index (χ1v) is 9.68. The minimum absolute atomic E-state index is 0.00247. The minimum Gasteiger partial charge on any atom is -0.497 e. The highest BCUT2D eigenvalue weighted by molar-refractivity contribution is 5.49. The first-order chi connectivity index (χ1) is 13.2. The van der Waals surface area contributed by atoms with Crippen molar-refractivity contribution in [3.8, 4) is 5.75 Å². The summed E-state index contributed by atoms with van der Waals surface area (Å²) in [5, 5.41) is 3.66. The van der Waals surface area contributed by atoms with E-state index in [-0.39, 0.29) is 17.8 Å². The maximum absolute atomic E-state index is 13.6. The molecular weight excluding hydrogens is 343 g/mol. The van der Waals surface area contributed by atoms with Crippen LogP contribution in [0.5, 0.6) is 5.75 Å². The van der Waals surface area contributed by atoms with Gasteiger partial charge in [-0.1, -0.05) is 13.0 Å². The highest BCUT2D eigenvalue weighted by Crippen LogP contribution is 2.35. The monoisotopic (exact) mass is 370 g/mol. The lowest BCUT2D eigenvalue weighted by Gasteiger charge is -2.41. The third kappa shape index (κ3) is 3.80. The van der Waals surface area contributed by atoms with Crippen LogP contribution in [-0.2, 0) is 11.2 Å². The average molecular weight is 370 g/mol. The number of ether oxygens (including phenoxy) is 2. The lowest BCUT2D eigenvalue weighted by atomic mass is 9.85. The molecule has 0 aliphatic carbocycles. The zero-order valence-corrected chi connectivity index (χ0v) is 16.0. The van der Waals surface area contributed by atoms with Crippen LogP contribution in [0.1, 0.15) is 24.2 Å². The zero-order chi connectivity index (χ0) is 18.8. The molecule has 144 valence electrons. The smallest absolute Gasteiger partial charge is 0.123 e. The number of fused-ring (bicyclic) bond motifs is 1. The molecule has 3 atom stereocenters. The van der Waals surface area contributed by atoms with Gasteiger partial charge >= 0.3 is 0 Å². The van der Waals surface area contributed by atoms with Crippen LogP contribution in [0.25, 0.3) is 0 Å². The van der Waals surface area contributed by atoms with Crippen LogP contribution in [0.4, 0.5) is 10.1 Å². The van der Waals surface area contributed by atoms with Gasteiger partial charge in [0.25, 0.3) is 0 Å². The first kappa shape index (κ1) is 18.3. The average Bonchev–Trinajstić information content (AvgIpc) is 2.72. The fourth-order valence-electron chi connectivity index (χ4n) is 4.26. The van der Waals surface area contributed by atoms with Gasteiger partial charge in [0.1, 0.15) is 11.6 Å². The summed E-state index contributed by atoms with van der Waals surface area (Å²) in [4.78, 5) is 2.41. The summed E-state index contributed by atoms with van der Waals surface area (Å²) in [5.74, 6) is 0.998. The number of hydrogen-bond acceptors (Lipinski definition) is 4. The van der Waals surface area contributed by atoms with Crippen LogP contribution >= 0.6 is 0 Å². The van der Waals surface area contributed by atoms with Crippen molar-refractivity contribution in [2.24, 2.45) is 5.92 Å². The molecule has 4 nitrogen and oxygen atoms in total. The Morgan fingerprint density at radius 3 is 2.81 bits per heavy atom. The Bertz CT molecular complexity index is 780. The first-order valence-electron chi connectivity index (χ1n) is 9.68. The Balaban J connectivity index is 1.50. The molecule has 2 heterocycles. The molecule has 0 bridgehead atoms. The van der Waals surface area contributed by atoms with Crippen LogP contribution in [0, 0.1) is 11.7 Å². The largest absolute Gasteiger partial charge is 0.497 e. The molecule has 2 aromatic rings. The molecule has 0 aromatic heterocycles. The lowest BCUT2D eigenvalue weighted by molar-refractivity contribution is -0.00549. The van der Waals surface area contributed by atoms with Gasteiger partial charge in [0, 0.05) is 37.3 Å². The lowest BCUT2D eigenvalue weighted by Crippen LogP contribution is -2.54. The molecule has 2 aliphatic rings. The topological polar surface area (TPSA) is 33.7 Å².